The summed E-state index contributed by atoms with van der Waals surface area (Å²) in [5.41, 5.74) is 0.709. The number of halogens is 2. The van der Waals surface area contributed by atoms with Crippen LogP contribution in [0.3, 0.4) is 0 Å². The second-order valence-corrected chi connectivity index (χ2v) is 8.31. The summed E-state index contributed by atoms with van der Waals surface area (Å²) in [4.78, 5) is 12.4. The molecule has 0 fully saturated rings. The molecule has 0 unspecified atom stereocenters. The largest absolute Gasteiger partial charge is 0.319 e. The van der Waals surface area contributed by atoms with Gasteiger partial charge >= 0.3 is 0 Å². The molecule has 0 bridgehead atoms. The fraction of sp³-hybridized carbons (Fsp3) is 0.0500. The maximum Gasteiger partial charge on any atom is 0.264 e. The summed E-state index contributed by atoms with van der Waals surface area (Å²) in [6, 6.07) is 17.6. The van der Waals surface area contributed by atoms with Crippen LogP contribution in [0.25, 0.3) is 0 Å². The van der Waals surface area contributed by atoms with E-state index in [1.54, 1.807) is 6.07 Å². The van der Waals surface area contributed by atoms with Gasteiger partial charge in [0.25, 0.3) is 15.9 Å². The maximum absolute atomic E-state index is 13.7. The number of benzene rings is 3. The molecule has 144 valence electrons. The monoisotopic (exact) mass is 418 g/mol. The van der Waals surface area contributed by atoms with Gasteiger partial charge in [-0.2, -0.15) is 0 Å². The topological polar surface area (TPSA) is 66.5 Å². The quantitative estimate of drug-likeness (QED) is 0.660. The molecule has 3 aromatic carbocycles. The van der Waals surface area contributed by atoms with Gasteiger partial charge in [-0.05, 0) is 60.7 Å². The lowest BCUT2D eigenvalue weighted by atomic mass is 10.2. The van der Waals surface area contributed by atoms with Crippen molar-refractivity contribution in [1.82, 2.24) is 0 Å². The molecule has 1 amide bonds. The van der Waals surface area contributed by atoms with Gasteiger partial charge in [0, 0.05) is 17.6 Å². The van der Waals surface area contributed by atoms with Gasteiger partial charge in [0.15, 0.2) is 0 Å². The van der Waals surface area contributed by atoms with E-state index in [4.69, 9.17) is 11.6 Å². The summed E-state index contributed by atoms with van der Waals surface area (Å²) in [5.74, 6) is -1.04. The molecular weight excluding hydrogens is 403 g/mol. The Balaban J connectivity index is 1.79. The Bertz CT molecular complexity index is 1100. The molecule has 0 heterocycles. The number of hydrogen-bond acceptors (Lipinski definition) is 3. The van der Waals surface area contributed by atoms with Crippen LogP contribution < -0.4 is 9.62 Å². The summed E-state index contributed by atoms with van der Waals surface area (Å²) in [5, 5.41) is 2.92. The minimum absolute atomic E-state index is 0.0685. The number of carbonyl (C=O) groups excluding carboxylic acids is 1. The molecule has 0 aliphatic carbocycles. The van der Waals surface area contributed by atoms with Gasteiger partial charge in [-0.25, -0.2) is 12.8 Å². The Morgan fingerprint density at radius 3 is 2.18 bits per heavy atom. The van der Waals surface area contributed by atoms with E-state index < -0.39 is 21.7 Å². The Hall–Kier alpha value is -2.90. The van der Waals surface area contributed by atoms with Gasteiger partial charge < -0.3 is 5.32 Å². The Morgan fingerprint density at radius 2 is 1.57 bits per heavy atom. The van der Waals surface area contributed by atoms with E-state index >= 15 is 0 Å². The minimum atomic E-state index is -3.77. The normalized spacial score (nSPS) is 11.1. The lowest BCUT2D eigenvalue weighted by molar-refractivity contribution is 0.102. The van der Waals surface area contributed by atoms with Gasteiger partial charge in [0.05, 0.1) is 16.3 Å². The fourth-order valence-corrected chi connectivity index (χ4v) is 3.80. The molecule has 3 rings (SSSR count). The number of para-hydroxylation sites is 1. The molecule has 0 saturated carbocycles. The van der Waals surface area contributed by atoms with Crippen LogP contribution in [0.2, 0.25) is 5.02 Å². The number of nitrogens with zero attached hydrogens (tertiary/aromatic N) is 1. The van der Waals surface area contributed by atoms with Crippen molar-refractivity contribution in [3.8, 4) is 0 Å². The number of hydrogen-bond donors (Lipinski definition) is 1. The zero-order chi connectivity index (χ0) is 20.3. The zero-order valence-electron chi connectivity index (χ0n) is 14.8. The van der Waals surface area contributed by atoms with Crippen LogP contribution in [-0.4, -0.2) is 21.4 Å². The number of rotatable bonds is 5. The van der Waals surface area contributed by atoms with E-state index in [1.807, 2.05) is 0 Å². The van der Waals surface area contributed by atoms with Crippen LogP contribution in [-0.2, 0) is 10.0 Å². The highest BCUT2D eigenvalue weighted by atomic mass is 35.5. The van der Waals surface area contributed by atoms with Crippen molar-refractivity contribution in [2.45, 2.75) is 4.90 Å². The number of anilines is 2. The van der Waals surface area contributed by atoms with Crippen LogP contribution in [0.15, 0.2) is 77.7 Å². The van der Waals surface area contributed by atoms with E-state index in [2.05, 4.69) is 5.32 Å². The molecule has 0 aliphatic rings. The minimum Gasteiger partial charge on any atom is -0.319 e. The summed E-state index contributed by atoms with van der Waals surface area (Å²) < 4.78 is 40.2. The first kappa shape index (κ1) is 19.9. The van der Waals surface area contributed by atoms with Crippen LogP contribution in [0, 0.1) is 5.82 Å². The Kier molecular flexibility index (Phi) is 5.67. The highest BCUT2D eigenvalue weighted by Gasteiger charge is 2.21. The first-order valence-electron chi connectivity index (χ1n) is 8.19. The van der Waals surface area contributed by atoms with Crippen molar-refractivity contribution < 1.29 is 17.6 Å². The molecule has 0 atom stereocenters. The number of amides is 1. The predicted octanol–water partition coefficient (Wildman–Crippen LogP) is 4.56. The third kappa shape index (κ3) is 4.16. The van der Waals surface area contributed by atoms with E-state index in [0.717, 1.165) is 4.31 Å². The highest BCUT2D eigenvalue weighted by molar-refractivity contribution is 7.92. The molecule has 8 heteroatoms. The average Bonchev–Trinajstić information content (AvgIpc) is 2.69. The van der Waals surface area contributed by atoms with Crippen molar-refractivity contribution in [2.75, 3.05) is 16.7 Å². The summed E-state index contributed by atoms with van der Waals surface area (Å²) in [6.07, 6.45) is 0. The summed E-state index contributed by atoms with van der Waals surface area (Å²) >= 11 is 5.80. The van der Waals surface area contributed by atoms with Gasteiger partial charge in [-0.15, -0.1) is 0 Å². The van der Waals surface area contributed by atoms with Crippen molar-refractivity contribution in [1.29, 1.82) is 0 Å². The second-order valence-electron chi connectivity index (χ2n) is 5.91. The molecule has 5 nitrogen and oxygen atoms in total. The lowest BCUT2D eigenvalue weighted by Gasteiger charge is -2.20. The highest BCUT2D eigenvalue weighted by Crippen LogP contribution is 2.24. The van der Waals surface area contributed by atoms with Crippen LogP contribution >= 0.6 is 11.6 Å². The molecule has 0 radical (unpaired) electrons. The zero-order valence-corrected chi connectivity index (χ0v) is 16.3. The number of carbonyl (C=O) groups is 1. The molecule has 0 saturated heterocycles. The molecule has 0 spiro atoms. The molecule has 0 aliphatic heterocycles. The van der Waals surface area contributed by atoms with Crippen LogP contribution in [0.4, 0.5) is 15.8 Å². The predicted molar refractivity (Wildman–Crippen MR) is 108 cm³/mol. The first-order chi connectivity index (χ1) is 13.3. The third-order valence-electron chi connectivity index (χ3n) is 4.09. The molecular formula is C20H16ClFN2O3S. The van der Waals surface area contributed by atoms with E-state index in [1.165, 1.54) is 73.8 Å². The Labute approximate surface area is 167 Å². The van der Waals surface area contributed by atoms with Crippen molar-refractivity contribution in [3.05, 3.63) is 89.2 Å². The summed E-state index contributed by atoms with van der Waals surface area (Å²) in [7, 11) is -2.36. The standard InChI is InChI=1S/C20H16ClFN2O3S/c1-24(28(26,27)17-12-8-15(21)9-13-17)16-10-6-14(7-11-16)20(25)23-19-5-3-2-4-18(19)22/h2-13H,1H3,(H,23,25). The fourth-order valence-electron chi connectivity index (χ4n) is 2.48. The van der Waals surface area contributed by atoms with Crippen molar-refractivity contribution >= 4 is 38.9 Å². The summed E-state index contributed by atoms with van der Waals surface area (Å²) in [6.45, 7) is 0. The van der Waals surface area contributed by atoms with Gasteiger partial charge in [0.2, 0.25) is 0 Å². The second kappa shape index (κ2) is 8.00. The average molecular weight is 419 g/mol. The Morgan fingerprint density at radius 1 is 0.964 bits per heavy atom. The molecule has 28 heavy (non-hydrogen) atoms. The lowest BCUT2D eigenvalue weighted by Crippen LogP contribution is -2.26. The third-order valence-corrected chi connectivity index (χ3v) is 6.14. The first-order valence-corrected chi connectivity index (χ1v) is 10.0. The molecule has 0 aromatic heterocycles. The van der Waals surface area contributed by atoms with E-state index in [0.29, 0.717) is 10.7 Å². The molecule has 3 aromatic rings. The van der Waals surface area contributed by atoms with Crippen LogP contribution in [0.5, 0.6) is 0 Å². The SMILES string of the molecule is CN(c1ccc(C(=O)Nc2ccccc2F)cc1)S(=O)(=O)c1ccc(Cl)cc1. The van der Waals surface area contributed by atoms with Crippen molar-refractivity contribution in [3.63, 3.8) is 0 Å². The molecule has 1 N–H and O–H groups in total. The maximum atomic E-state index is 13.7. The smallest absolute Gasteiger partial charge is 0.264 e. The van der Waals surface area contributed by atoms with E-state index in [9.17, 15) is 17.6 Å². The van der Waals surface area contributed by atoms with Gasteiger partial charge in [0.1, 0.15) is 5.82 Å². The van der Waals surface area contributed by atoms with E-state index in [-0.39, 0.29) is 16.1 Å². The van der Waals surface area contributed by atoms with Gasteiger partial charge in [-0.1, -0.05) is 23.7 Å². The van der Waals surface area contributed by atoms with Crippen LogP contribution in [0.1, 0.15) is 10.4 Å². The number of sulfonamides is 1. The number of nitrogens with one attached hydrogen (secondary N) is 1. The van der Waals surface area contributed by atoms with Crippen molar-refractivity contribution in [2.24, 2.45) is 0 Å². The van der Waals surface area contributed by atoms with Gasteiger partial charge in [-0.3, -0.25) is 9.10 Å².